The van der Waals surface area contributed by atoms with Crippen molar-refractivity contribution < 1.29 is 4.79 Å². The van der Waals surface area contributed by atoms with Crippen molar-refractivity contribution in [3.8, 4) is 0 Å². The van der Waals surface area contributed by atoms with Crippen LogP contribution in [-0.2, 0) is 0 Å². The van der Waals surface area contributed by atoms with Gasteiger partial charge in [-0.2, -0.15) is 0 Å². The van der Waals surface area contributed by atoms with E-state index in [1.54, 1.807) is 6.92 Å². The average Bonchev–Trinajstić information content (AvgIpc) is 2.34. The highest BCUT2D eigenvalue weighted by atomic mass is 35.5. The summed E-state index contributed by atoms with van der Waals surface area (Å²) in [4.78, 5) is 21.4. The number of aldehydes is 1. The molecule has 1 N–H and O–H groups in total. The van der Waals surface area contributed by atoms with Crippen LogP contribution in [0.25, 0.3) is 0 Å². The van der Waals surface area contributed by atoms with Gasteiger partial charge in [0, 0.05) is 13.1 Å². The van der Waals surface area contributed by atoms with Gasteiger partial charge in [0.15, 0.2) is 6.29 Å². The molecule has 1 aromatic heterocycles. The van der Waals surface area contributed by atoms with E-state index in [0.29, 0.717) is 23.5 Å². The van der Waals surface area contributed by atoms with E-state index in [1.165, 1.54) is 0 Å². The lowest BCUT2D eigenvalue weighted by Crippen LogP contribution is -2.29. The van der Waals surface area contributed by atoms with Crippen molar-refractivity contribution in [1.29, 1.82) is 0 Å². The zero-order chi connectivity index (χ0) is 13.5. The van der Waals surface area contributed by atoms with Crippen LogP contribution in [0.3, 0.4) is 0 Å². The van der Waals surface area contributed by atoms with Gasteiger partial charge in [0.05, 0.1) is 5.56 Å². The number of aryl methyl sites for hydroxylation is 1. The van der Waals surface area contributed by atoms with Crippen LogP contribution < -0.4 is 5.32 Å². The summed E-state index contributed by atoms with van der Waals surface area (Å²) in [5, 5.41) is 3.33. The van der Waals surface area contributed by atoms with E-state index in [9.17, 15) is 4.79 Å². The Bertz CT molecular complexity index is 407. The first-order valence-electron chi connectivity index (χ1n) is 6.07. The molecule has 1 aromatic rings. The van der Waals surface area contributed by atoms with E-state index in [4.69, 9.17) is 11.6 Å². The molecule has 0 aromatic carbocycles. The highest BCUT2D eigenvalue weighted by Gasteiger charge is 2.10. The fourth-order valence-corrected chi connectivity index (χ4v) is 1.91. The summed E-state index contributed by atoms with van der Waals surface area (Å²) in [6, 6.07) is 0. The third-order valence-electron chi connectivity index (χ3n) is 2.74. The van der Waals surface area contributed by atoms with Gasteiger partial charge in [0.25, 0.3) is 0 Å². The molecule has 0 atom stereocenters. The molecule has 1 heterocycles. The Hall–Kier alpha value is -1.20. The lowest BCUT2D eigenvalue weighted by atomic mass is 10.3. The second-order valence-electron chi connectivity index (χ2n) is 3.90. The minimum atomic E-state index is 0.197. The summed E-state index contributed by atoms with van der Waals surface area (Å²) >= 11 is 5.90. The Morgan fingerprint density at radius 3 is 2.56 bits per heavy atom. The van der Waals surface area contributed by atoms with Crippen molar-refractivity contribution in [3.05, 3.63) is 16.5 Å². The van der Waals surface area contributed by atoms with Crippen LogP contribution in [0.4, 0.5) is 5.82 Å². The summed E-state index contributed by atoms with van der Waals surface area (Å²) in [7, 11) is 0. The number of carbonyl (C=O) groups excluding carboxylic acids is 1. The fraction of sp³-hybridized carbons (Fsp3) is 0.583. The van der Waals surface area contributed by atoms with Gasteiger partial charge in [-0.3, -0.25) is 4.79 Å². The molecule has 100 valence electrons. The van der Waals surface area contributed by atoms with Crippen molar-refractivity contribution >= 4 is 23.7 Å². The van der Waals surface area contributed by atoms with Crippen LogP contribution >= 0.6 is 11.6 Å². The molecule has 0 saturated heterocycles. The number of anilines is 1. The summed E-state index contributed by atoms with van der Waals surface area (Å²) in [5.74, 6) is 1.06. The number of aromatic nitrogens is 2. The monoisotopic (exact) mass is 270 g/mol. The molecule has 1 rings (SSSR count). The molecule has 0 saturated carbocycles. The molecule has 0 spiro atoms. The first-order valence-corrected chi connectivity index (χ1v) is 6.45. The number of halogens is 1. The zero-order valence-corrected chi connectivity index (χ0v) is 11.8. The quantitative estimate of drug-likeness (QED) is 0.607. The maximum absolute atomic E-state index is 11.0. The number of hydrogen-bond donors (Lipinski definition) is 1. The average molecular weight is 271 g/mol. The maximum atomic E-state index is 11.0. The summed E-state index contributed by atoms with van der Waals surface area (Å²) in [6.07, 6.45) is 0.682. The summed E-state index contributed by atoms with van der Waals surface area (Å²) < 4.78 is 0. The number of nitrogens with one attached hydrogen (secondary N) is 1. The van der Waals surface area contributed by atoms with E-state index in [-0.39, 0.29) is 5.15 Å². The Labute approximate surface area is 113 Å². The van der Waals surface area contributed by atoms with Crippen molar-refractivity contribution in [2.24, 2.45) is 0 Å². The summed E-state index contributed by atoms with van der Waals surface area (Å²) in [5.41, 5.74) is 0.321. The minimum absolute atomic E-state index is 0.197. The lowest BCUT2D eigenvalue weighted by molar-refractivity contribution is 0.112. The molecule has 6 heteroatoms. The van der Waals surface area contributed by atoms with Crippen LogP contribution in [-0.4, -0.2) is 47.3 Å². The van der Waals surface area contributed by atoms with Gasteiger partial charge >= 0.3 is 0 Å². The van der Waals surface area contributed by atoms with Gasteiger partial charge in [0.2, 0.25) is 0 Å². The predicted molar refractivity (Wildman–Crippen MR) is 73.4 cm³/mol. The molecule has 0 amide bonds. The number of nitrogens with zero attached hydrogens (tertiary/aromatic N) is 3. The van der Waals surface area contributed by atoms with Gasteiger partial charge in [-0.15, -0.1) is 0 Å². The van der Waals surface area contributed by atoms with Crippen molar-refractivity contribution in [3.63, 3.8) is 0 Å². The van der Waals surface area contributed by atoms with E-state index in [0.717, 1.165) is 26.2 Å². The molecule has 0 aliphatic carbocycles. The molecule has 0 bridgehead atoms. The highest BCUT2D eigenvalue weighted by Crippen LogP contribution is 2.18. The Balaban J connectivity index is 2.69. The number of rotatable bonds is 7. The van der Waals surface area contributed by atoms with Crippen molar-refractivity contribution in [2.45, 2.75) is 20.8 Å². The van der Waals surface area contributed by atoms with Gasteiger partial charge in [0.1, 0.15) is 16.8 Å². The number of likely N-dealkylation sites (N-methyl/N-ethyl adjacent to an activating group) is 1. The van der Waals surface area contributed by atoms with Crippen LogP contribution in [0.1, 0.15) is 30.0 Å². The smallest absolute Gasteiger partial charge is 0.156 e. The standard InChI is InChI=1S/C12H19ClN4O/c1-4-17(5-2)7-6-14-12-10(8-18)11(13)15-9(3)16-12/h8H,4-7H2,1-3H3,(H,14,15,16). The number of carbonyl (C=O) groups is 1. The molecule has 0 aliphatic heterocycles. The third kappa shape index (κ3) is 3.92. The zero-order valence-electron chi connectivity index (χ0n) is 11.0. The molecule has 5 nitrogen and oxygen atoms in total. The topological polar surface area (TPSA) is 58.1 Å². The normalized spacial score (nSPS) is 10.7. The Morgan fingerprint density at radius 2 is 2.00 bits per heavy atom. The van der Waals surface area contributed by atoms with E-state index in [2.05, 4.69) is 34.0 Å². The van der Waals surface area contributed by atoms with Gasteiger partial charge in [-0.25, -0.2) is 9.97 Å². The molecule has 0 fully saturated rings. The largest absolute Gasteiger partial charge is 0.368 e. The fourth-order valence-electron chi connectivity index (χ4n) is 1.66. The highest BCUT2D eigenvalue weighted by molar-refractivity contribution is 6.32. The Morgan fingerprint density at radius 1 is 1.33 bits per heavy atom. The van der Waals surface area contributed by atoms with Crippen molar-refractivity contribution in [2.75, 3.05) is 31.5 Å². The minimum Gasteiger partial charge on any atom is -0.368 e. The van der Waals surface area contributed by atoms with Gasteiger partial charge in [-0.1, -0.05) is 25.4 Å². The molecular formula is C12H19ClN4O. The van der Waals surface area contributed by atoms with E-state index < -0.39 is 0 Å². The second kappa shape index (κ2) is 7.28. The van der Waals surface area contributed by atoms with Gasteiger partial charge < -0.3 is 10.2 Å². The van der Waals surface area contributed by atoms with Gasteiger partial charge in [-0.05, 0) is 20.0 Å². The van der Waals surface area contributed by atoms with Crippen LogP contribution in [0.5, 0.6) is 0 Å². The maximum Gasteiger partial charge on any atom is 0.156 e. The summed E-state index contributed by atoms with van der Waals surface area (Å²) in [6.45, 7) is 9.60. The first kappa shape index (κ1) is 14.9. The van der Waals surface area contributed by atoms with Crippen molar-refractivity contribution in [1.82, 2.24) is 14.9 Å². The molecule has 18 heavy (non-hydrogen) atoms. The molecule has 0 radical (unpaired) electrons. The lowest BCUT2D eigenvalue weighted by Gasteiger charge is -2.18. The predicted octanol–water partition coefficient (Wildman–Crippen LogP) is 2.00. The third-order valence-corrected chi connectivity index (χ3v) is 3.03. The molecular weight excluding hydrogens is 252 g/mol. The first-order chi connectivity index (χ1) is 8.62. The van der Waals surface area contributed by atoms with E-state index >= 15 is 0 Å². The Kier molecular flexibility index (Phi) is 6.01. The van der Waals surface area contributed by atoms with Crippen LogP contribution in [0, 0.1) is 6.92 Å². The van der Waals surface area contributed by atoms with Crippen LogP contribution in [0.15, 0.2) is 0 Å². The molecule has 0 aliphatic rings. The SMILES string of the molecule is CCN(CC)CCNc1nc(C)nc(Cl)c1C=O. The van der Waals surface area contributed by atoms with E-state index in [1.807, 2.05) is 0 Å². The second-order valence-corrected chi connectivity index (χ2v) is 4.25. The number of hydrogen-bond acceptors (Lipinski definition) is 5. The molecule has 0 unspecified atom stereocenters. The van der Waals surface area contributed by atoms with Crippen LogP contribution in [0.2, 0.25) is 5.15 Å².